The van der Waals surface area contributed by atoms with Gasteiger partial charge in [-0.2, -0.15) is 0 Å². The van der Waals surface area contributed by atoms with E-state index in [1.54, 1.807) is 0 Å². The lowest BCUT2D eigenvalue weighted by Gasteiger charge is -2.19. The highest BCUT2D eigenvalue weighted by molar-refractivity contribution is 5.69. The summed E-state index contributed by atoms with van der Waals surface area (Å²) >= 11 is 0. The average Bonchev–Trinajstić information content (AvgIpc) is 2.39. The van der Waals surface area contributed by atoms with Gasteiger partial charge in [0.2, 0.25) is 0 Å². The smallest absolute Gasteiger partial charge is 0.305 e. The van der Waals surface area contributed by atoms with E-state index in [0.29, 0.717) is 6.42 Å². The fourth-order valence-electron chi connectivity index (χ4n) is 1.90. The molecule has 0 aliphatic heterocycles. The van der Waals surface area contributed by atoms with E-state index in [0.717, 1.165) is 19.4 Å². The number of esters is 1. The topological polar surface area (TPSA) is 29.5 Å². The Hall–Kier alpha value is -1.51. The Morgan fingerprint density at radius 2 is 1.94 bits per heavy atom. The number of hydrogen-bond acceptors (Lipinski definition) is 3. The van der Waals surface area contributed by atoms with E-state index in [1.807, 2.05) is 7.05 Å². The SMILES string of the molecule is CCCc1ccc(N(C)CCCC(=O)OC)cc1. The maximum Gasteiger partial charge on any atom is 0.305 e. The van der Waals surface area contributed by atoms with Crippen LogP contribution in [0.25, 0.3) is 0 Å². The van der Waals surface area contributed by atoms with E-state index in [9.17, 15) is 4.79 Å². The summed E-state index contributed by atoms with van der Waals surface area (Å²) in [6.45, 7) is 3.05. The number of hydrogen-bond donors (Lipinski definition) is 0. The summed E-state index contributed by atoms with van der Waals surface area (Å²) < 4.78 is 4.62. The molecule has 3 heteroatoms. The van der Waals surface area contributed by atoms with Crippen LogP contribution in [0.3, 0.4) is 0 Å². The fraction of sp³-hybridized carbons (Fsp3) is 0.533. The summed E-state index contributed by atoms with van der Waals surface area (Å²) in [4.78, 5) is 13.2. The molecule has 0 radical (unpaired) electrons. The van der Waals surface area contributed by atoms with Gasteiger partial charge < -0.3 is 9.64 Å². The standard InChI is InChI=1S/C15H23NO2/c1-4-6-13-8-10-14(11-9-13)16(2)12-5-7-15(17)18-3/h8-11H,4-7,12H2,1-3H3. The molecule has 0 aromatic heterocycles. The van der Waals surface area contributed by atoms with Crippen molar-refractivity contribution in [3.8, 4) is 0 Å². The molecule has 1 aromatic rings. The first-order valence-corrected chi connectivity index (χ1v) is 6.54. The van der Waals surface area contributed by atoms with Gasteiger partial charge >= 0.3 is 5.97 Å². The van der Waals surface area contributed by atoms with Crippen LogP contribution >= 0.6 is 0 Å². The number of nitrogens with zero attached hydrogens (tertiary/aromatic N) is 1. The molecule has 1 rings (SSSR count). The second-order valence-corrected chi connectivity index (χ2v) is 4.52. The quantitative estimate of drug-likeness (QED) is 0.696. The molecule has 0 saturated carbocycles. The van der Waals surface area contributed by atoms with Crippen molar-refractivity contribution < 1.29 is 9.53 Å². The molecule has 0 aliphatic rings. The van der Waals surface area contributed by atoms with Crippen LogP contribution in [-0.2, 0) is 16.0 Å². The molecular weight excluding hydrogens is 226 g/mol. The largest absolute Gasteiger partial charge is 0.469 e. The van der Waals surface area contributed by atoms with Gasteiger partial charge in [-0.25, -0.2) is 0 Å². The van der Waals surface area contributed by atoms with Crippen LogP contribution in [0.2, 0.25) is 0 Å². The minimum atomic E-state index is -0.137. The van der Waals surface area contributed by atoms with E-state index in [4.69, 9.17) is 0 Å². The number of aryl methyl sites for hydroxylation is 1. The minimum absolute atomic E-state index is 0.137. The molecule has 18 heavy (non-hydrogen) atoms. The summed E-state index contributed by atoms with van der Waals surface area (Å²) in [6.07, 6.45) is 3.61. The van der Waals surface area contributed by atoms with Crippen molar-refractivity contribution in [3.63, 3.8) is 0 Å². The molecule has 0 aliphatic carbocycles. The first-order chi connectivity index (χ1) is 8.67. The van der Waals surface area contributed by atoms with Gasteiger partial charge in [0.05, 0.1) is 7.11 Å². The average molecular weight is 249 g/mol. The van der Waals surface area contributed by atoms with Crippen LogP contribution in [0.15, 0.2) is 24.3 Å². The van der Waals surface area contributed by atoms with Gasteiger partial charge in [0.25, 0.3) is 0 Å². The first kappa shape index (κ1) is 14.6. The number of benzene rings is 1. The summed E-state index contributed by atoms with van der Waals surface area (Å²) in [5.74, 6) is -0.137. The molecule has 1 aromatic carbocycles. The van der Waals surface area contributed by atoms with Crippen molar-refractivity contribution in [2.75, 3.05) is 25.6 Å². The Bertz CT molecular complexity index is 359. The van der Waals surface area contributed by atoms with Crippen molar-refractivity contribution in [3.05, 3.63) is 29.8 Å². The molecule has 0 bridgehead atoms. The summed E-state index contributed by atoms with van der Waals surface area (Å²) in [5, 5.41) is 0. The predicted octanol–water partition coefficient (Wildman–Crippen LogP) is 3.03. The zero-order chi connectivity index (χ0) is 13.4. The van der Waals surface area contributed by atoms with Gasteiger partial charge in [0, 0.05) is 25.7 Å². The summed E-state index contributed by atoms with van der Waals surface area (Å²) in [7, 11) is 3.48. The zero-order valence-corrected chi connectivity index (χ0v) is 11.6. The molecule has 0 atom stereocenters. The van der Waals surface area contributed by atoms with Gasteiger partial charge in [-0.1, -0.05) is 25.5 Å². The lowest BCUT2D eigenvalue weighted by atomic mass is 10.1. The maximum atomic E-state index is 11.0. The molecule has 0 N–H and O–H groups in total. The third-order valence-electron chi connectivity index (χ3n) is 3.02. The maximum absolute atomic E-state index is 11.0. The van der Waals surface area contributed by atoms with Crippen molar-refractivity contribution >= 4 is 11.7 Å². The Kier molecular flexibility index (Phi) is 6.26. The molecular formula is C15H23NO2. The molecule has 0 heterocycles. The lowest BCUT2D eigenvalue weighted by molar-refractivity contribution is -0.140. The number of rotatable bonds is 7. The highest BCUT2D eigenvalue weighted by Crippen LogP contribution is 2.15. The number of carbonyl (C=O) groups excluding carboxylic acids is 1. The van der Waals surface area contributed by atoms with Crippen LogP contribution in [0, 0.1) is 0 Å². The highest BCUT2D eigenvalue weighted by atomic mass is 16.5. The Morgan fingerprint density at radius 1 is 1.28 bits per heavy atom. The summed E-state index contributed by atoms with van der Waals surface area (Å²) in [6, 6.07) is 8.64. The van der Waals surface area contributed by atoms with Gasteiger partial charge in [-0.3, -0.25) is 4.79 Å². The van der Waals surface area contributed by atoms with Crippen molar-refractivity contribution in [1.29, 1.82) is 0 Å². The number of ether oxygens (including phenoxy) is 1. The molecule has 0 fully saturated rings. The van der Waals surface area contributed by atoms with Crippen molar-refractivity contribution in [2.45, 2.75) is 32.6 Å². The molecule has 0 saturated heterocycles. The second-order valence-electron chi connectivity index (χ2n) is 4.52. The number of anilines is 1. The van der Waals surface area contributed by atoms with Crippen LogP contribution in [0.5, 0.6) is 0 Å². The number of methoxy groups -OCH3 is 1. The molecule has 0 amide bonds. The third kappa shape index (κ3) is 4.78. The molecule has 3 nitrogen and oxygen atoms in total. The highest BCUT2D eigenvalue weighted by Gasteiger charge is 2.04. The Morgan fingerprint density at radius 3 is 2.50 bits per heavy atom. The van der Waals surface area contributed by atoms with Crippen LogP contribution < -0.4 is 4.90 Å². The normalized spacial score (nSPS) is 10.2. The van der Waals surface area contributed by atoms with E-state index in [1.165, 1.54) is 24.8 Å². The second kappa shape index (κ2) is 7.75. The first-order valence-electron chi connectivity index (χ1n) is 6.54. The lowest BCUT2D eigenvalue weighted by Crippen LogP contribution is -2.19. The fourth-order valence-corrected chi connectivity index (χ4v) is 1.90. The van der Waals surface area contributed by atoms with E-state index in [2.05, 4.69) is 40.8 Å². The van der Waals surface area contributed by atoms with Crippen molar-refractivity contribution in [1.82, 2.24) is 0 Å². The van der Waals surface area contributed by atoms with E-state index >= 15 is 0 Å². The van der Waals surface area contributed by atoms with E-state index < -0.39 is 0 Å². The van der Waals surface area contributed by atoms with Gasteiger partial charge in [0.1, 0.15) is 0 Å². The molecule has 0 spiro atoms. The van der Waals surface area contributed by atoms with Gasteiger partial charge in [-0.05, 0) is 30.5 Å². The van der Waals surface area contributed by atoms with Crippen LogP contribution in [-0.4, -0.2) is 26.7 Å². The van der Waals surface area contributed by atoms with Gasteiger partial charge in [-0.15, -0.1) is 0 Å². The monoisotopic (exact) mass is 249 g/mol. The summed E-state index contributed by atoms with van der Waals surface area (Å²) in [5.41, 5.74) is 2.57. The van der Waals surface area contributed by atoms with Crippen LogP contribution in [0.1, 0.15) is 31.7 Å². The zero-order valence-electron chi connectivity index (χ0n) is 11.6. The third-order valence-corrected chi connectivity index (χ3v) is 3.02. The predicted molar refractivity (Wildman–Crippen MR) is 75.0 cm³/mol. The van der Waals surface area contributed by atoms with E-state index in [-0.39, 0.29) is 5.97 Å². The minimum Gasteiger partial charge on any atom is -0.469 e. The van der Waals surface area contributed by atoms with Crippen LogP contribution in [0.4, 0.5) is 5.69 Å². The van der Waals surface area contributed by atoms with Gasteiger partial charge in [0.15, 0.2) is 0 Å². The molecule has 0 unspecified atom stereocenters. The Labute approximate surface area is 110 Å². The Balaban J connectivity index is 2.41. The number of carbonyl (C=O) groups is 1. The molecule has 100 valence electrons. The van der Waals surface area contributed by atoms with Crippen molar-refractivity contribution in [2.24, 2.45) is 0 Å².